The molecule has 0 aromatic heterocycles. The topological polar surface area (TPSA) is 38.3 Å². The summed E-state index contributed by atoms with van der Waals surface area (Å²) in [6.07, 6.45) is 0.270. The monoisotopic (exact) mass is 259 g/mol. The summed E-state index contributed by atoms with van der Waals surface area (Å²) in [5, 5.41) is 3.94. The minimum absolute atomic E-state index is 0.0440. The SMILES string of the molecule is O=C(Cc1ccc(Cl)cc1Cl)NC1COC1. The van der Waals surface area contributed by atoms with Gasteiger partial charge in [-0.15, -0.1) is 0 Å². The van der Waals surface area contributed by atoms with Crippen LogP contribution in [-0.2, 0) is 16.0 Å². The van der Waals surface area contributed by atoms with Crippen molar-refractivity contribution in [2.45, 2.75) is 12.5 Å². The van der Waals surface area contributed by atoms with E-state index in [1.165, 1.54) is 0 Å². The highest BCUT2D eigenvalue weighted by Crippen LogP contribution is 2.21. The minimum atomic E-state index is -0.0440. The zero-order valence-corrected chi connectivity index (χ0v) is 10.0. The Kier molecular flexibility index (Phi) is 3.69. The number of nitrogens with one attached hydrogen (secondary N) is 1. The summed E-state index contributed by atoms with van der Waals surface area (Å²) in [5.41, 5.74) is 0.781. The quantitative estimate of drug-likeness (QED) is 0.903. The predicted molar refractivity (Wildman–Crippen MR) is 62.9 cm³/mol. The maximum atomic E-state index is 11.6. The number of amides is 1. The van der Waals surface area contributed by atoms with Gasteiger partial charge in [0, 0.05) is 10.0 Å². The Hall–Kier alpha value is -0.770. The first-order valence-corrected chi connectivity index (χ1v) is 5.72. The molecular weight excluding hydrogens is 249 g/mol. The molecule has 0 radical (unpaired) electrons. The Morgan fingerprint density at radius 1 is 1.44 bits per heavy atom. The summed E-state index contributed by atoms with van der Waals surface area (Å²) < 4.78 is 4.97. The Labute approximate surface area is 104 Å². The third-order valence-electron chi connectivity index (χ3n) is 2.37. The van der Waals surface area contributed by atoms with E-state index in [0.29, 0.717) is 23.3 Å². The van der Waals surface area contributed by atoms with Gasteiger partial charge in [0.25, 0.3) is 0 Å². The highest BCUT2D eigenvalue weighted by atomic mass is 35.5. The van der Waals surface area contributed by atoms with Crippen LogP contribution in [0.3, 0.4) is 0 Å². The molecule has 5 heteroatoms. The third kappa shape index (κ3) is 2.88. The molecule has 0 aliphatic carbocycles. The molecule has 1 aliphatic rings. The number of carbonyl (C=O) groups excluding carboxylic acids is 1. The molecule has 1 saturated heterocycles. The zero-order chi connectivity index (χ0) is 11.5. The van der Waals surface area contributed by atoms with Crippen LogP contribution in [0.4, 0.5) is 0 Å². The Bertz CT molecular complexity index is 405. The highest BCUT2D eigenvalue weighted by molar-refractivity contribution is 6.35. The van der Waals surface area contributed by atoms with Gasteiger partial charge in [0.05, 0.1) is 25.7 Å². The van der Waals surface area contributed by atoms with Crippen LogP contribution in [0.5, 0.6) is 0 Å². The molecule has 3 nitrogen and oxygen atoms in total. The molecule has 1 aromatic rings. The van der Waals surface area contributed by atoms with Gasteiger partial charge in [-0.25, -0.2) is 0 Å². The van der Waals surface area contributed by atoms with Crippen molar-refractivity contribution < 1.29 is 9.53 Å². The van der Waals surface area contributed by atoms with Crippen molar-refractivity contribution in [3.8, 4) is 0 Å². The van der Waals surface area contributed by atoms with E-state index in [4.69, 9.17) is 27.9 Å². The van der Waals surface area contributed by atoms with Gasteiger partial charge >= 0.3 is 0 Å². The minimum Gasteiger partial charge on any atom is -0.377 e. The van der Waals surface area contributed by atoms with Crippen LogP contribution in [-0.4, -0.2) is 25.2 Å². The maximum absolute atomic E-state index is 11.6. The second-order valence-corrected chi connectivity index (χ2v) is 4.56. The van der Waals surface area contributed by atoms with Crippen molar-refractivity contribution in [2.24, 2.45) is 0 Å². The number of hydrogen-bond acceptors (Lipinski definition) is 2. The first kappa shape index (κ1) is 11.7. The van der Waals surface area contributed by atoms with Gasteiger partial charge in [-0.1, -0.05) is 29.3 Å². The molecule has 1 heterocycles. The standard InChI is InChI=1S/C11H11Cl2NO2/c12-8-2-1-7(10(13)4-8)3-11(15)14-9-5-16-6-9/h1-2,4,9H,3,5-6H2,(H,14,15). The van der Waals surface area contributed by atoms with Crippen molar-refractivity contribution in [3.63, 3.8) is 0 Å². The lowest BCUT2D eigenvalue weighted by molar-refractivity contribution is -0.124. The molecule has 2 rings (SSSR count). The van der Waals surface area contributed by atoms with Crippen molar-refractivity contribution in [3.05, 3.63) is 33.8 Å². The summed E-state index contributed by atoms with van der Waals surface area (Å²) in [6, 6.07) is 5.28. The van der Waals surface area contributed by atoms with Gasteiger partial charge in [-0.05, 0) is 17.7 Å². The average molecular weight is 260 g/mol. The van der Waals surface area contributed by atoms with E-state index in [9.17, 15) is 4.79 Å². The second-order valence-electron chi connectivity index (χ2n) is 3.71. The largest absolute Gasteiger partial charge is 0.377 e. The van der Waals surface area contributed by atoms with Gasteiger partial charge in [0.1, 0.15) is 0 Å². The summed E-state index contributed by atoms with van der Waals surface area (Å²) in [7, 11) is 0. The first-order valence-electron chi connectivity index (χ1n) is 4.96. The molecule has 0 saturated carbocycles. The van der Waals surface area contributed by atoms with Crippen LogP contribution in [0.15, 0.2) is 18.2 Å². The van der Waals surface area contributed by atoms with Crippen LogP contribution in [0.2, 0.25) is 10.0 Å². The lowest BCUT2D eigenvalue weighted by Gasteiger charge is -2.26. The van der Waals surface area contributed by atoms with Crippen LogP contribution < -0.4 is 5.32 Å². The fourth-order valence-electron chi connectivity index (χ4n) is 1.44. The van der Waals surface area contributed by atoms with E-state index in [0.717, 1.165) is 5.56 Å². The molecule has 1 fully saturated rings. The molecule has 0 spiro atoms. The molecule has 0 atom stereocenters. The van der Waals surface area contributed by atoms with E-state index < -0.39 is 0 Å². The molecule has 0 unspecified atom stereocenters. The number of halogens is 2. The van der Waals surface area contributed by atoms with E-state index in [1.807, 2.05) is 0 Å². The van der Waals surface area contributed by atoms with Crippen LogP contribution >= 0.6 is 23.2 Å². The Morgan fingerprint density at radius 3 is 2.75 bits per heavy atom. The number of carbonyl (C=O) groups is 1. The van der Waals surface area contributed by atoms with Crippen LogP contribution in [0.1, 0.15) is 5.56 Å². The fraction of sp³-hybridized carbons (Fsp3) is 0.364. The summed E-state index contributed by atoms with van der Waals surface area (Å²) in [4.78, 5) is 11.6. The molecule has 1 N–H and O–H groups in total. The van der Waals surface area contributed by atoms with Gasteiger partial charge in [-0.3, -0.25) is 4.79 Å². The predicted octanol–water partition coefficient (Wildman–Crippen LogP) is 2.05. The van der Waals surface area contributed by atoms with E-state index in [2.05, 4.69) is 5.32 Å². The molecular formula is C11H11Cl2NO2. The van der Waals surface area contributed by atoms with E-state index in [-0.39, 0.29) is 18.4 Å². The molecule has 1 aliphatic heterocycles. The van der Waals surface area contributed by atoms with Gasteiger partial charge < -0.3 is 10.1 Å². The van der Waals surface area contributed by atoms with Crippen molar-refractivity contribution >= 4 is 29.1 Å². The van der Waals surface area contributed by atoms with E-state index >= 15 is 0 Å². The normalized spacial score (nSPS) is 15.6. The molecule has 1 aromatic carbocycles. The Balaban J connectivity index is 1.94. The zero-order valence-electron chi connectivity index (χ0n) is 8.50. The van der Waals surface area contributed by atoms with Crippen LogP contribution in [0, 0.1) is 0 Å². The van der Waals surface area contributed by atoms with Crippen molar-refractivity contribution in [1.82, 2.24) is 5.32 Å². The molecule has 1 amide bonds. The maximum Gasteiger partial charge on any atom is 0.224 e. The highest BCUT2D eigenvalue weighted by Gasteiger charge is 2.20. The Morgan fingerprint density at radius 2 is 2.19 bits per heavy atom. The summed E-state index contributed by atoms with van der Waals surface area (Å²) in [6.45, 7) is 1.19. The lowest BCUT2D eigenvalue weighted by atomic mass is 10.1. The summed E-state index contributed by atoms with van der Waals surface area (Å²) in [5.74, 6) is -0.0440. The summed E-state index contributed by atoms with van der Waals surface area (Å²) >= 11 is 11.7. The average Bonchev–Trinajstić information content (AvgIpc) is 2.16. The van der Waals surface area contributed by atoms with Gasteiger partial charge in [-0.2, -0.15) is 0 Å². The lowest BCUT2D eigenvalue weighted by Crippen LogP contribution is -2.49. The number of ether oxygens (including phenoxy) is 1. The fourth-order valence-corrected chi connectivity index (χ4v) is 1.91. The van der Waals surface area contributed by atoms with Crippen LogP contribution in [0.25, 0.3) is 0 Å². The number of rotatable bonds is 3. The first-order chi connectivity index (χ1) is 7.65. The van der Waals surface area contributed by atoms with Crippen molar-refractivity contribution in [2.75, 3.05) is 13.2 Å². The van der Waals surface area contributed by atoms with E-state index in [1.54, 1.807) is 18.2 Å². The molecule has 0 bridgehead atoms. The van der Waals surface area contributed by atoms with Gasteiger partial charge in [0.2, 0.25) is 5.91 Å². The number of benzene rings is 1. The number of hydrogen-bond donors (Lipinski definition) is 1. The second kappa shape index (κ2) is 5.04. The smallest absolute Gasteiger partial charge is 0.224 e. The molecule has 86 valence electrons. The van der Waals surface area contributed by atoms with Crippen molar-refractivity contribution in [1.29, 1.82) is 0 Å². The molecule has 16 heavy (non-hydrogen) atoms. The third-order valence-corrected chi connectivity index (χ3v) is 2.96. The van der Waals surface area contributed by atoms with Gasteiger partial charge in [0.15, 0.2) is 0 Å².